The maximum absolute atomic E-state index is 13.4. The minimum Gasteiger partial charge on any atom is -0.338 e. The van der Waals surface area contributed by atoms with Gasteiger partial charge in [-0.2, -0.15) is 0 Å². The van der Waals surface area contributed by atoms with Crippen molar-refractivity contribution < 1.29 is 13.6 Å². The molecule has 1 atom stereocenters. The average Bonchev–Trinajstić information content (AvgIpc) is 2.65. The van der Waals surface area contributed by atoms with Gasteiger partial charge in [0.25, 0.3) is 0 Å². The van der Waals surface area contributed by atoms with Crippen LogP contribution >= 0.6 is 0 Å². The van der Waals surface area contributed by atoms with Crippen molar-refractivity contribution in [2.24, 2.45) is 0 Å². The lowest BCUT2D eigenvalue weighted by Gasteiger charge is -2.33. The van der Waals surface area contributed by atoms with Gasteiger partial charge >= 0.3 is 6.03 Å². The summed E-state index contributed by atoms with van der Waals surface area (Å²) < 4.78 is 26.5. The maximum Gasteiger partial charge on any atom is 0.317 e. The number of carbonyl (C=O) groups is 1. The van der Waals surface area contributed by atoms with E-state index in [0.29, 0.717) is 26.1 Å². The summed E-state index contributed by atoms with van der Waals surface area (Å²) in [6.45, 7) is 1.67. The van der Waals surface area contributed by atoms with Crippen LogP contribution < -0.4 is 5.32 Å². The van der Waals surface area contributed by atoms with Crippen molar-refractivity contribution in [1.29, 1.82) is 0 Å². The summed E-state index contributed by atoms with van der Waals surface area (Å²) in [5.74, 6) is -1.67. The fraction of sp³-hybridized carbons (Fsp3) is 0.389. The molecule has 0 radical (unpaired) electrons. The van der Waals surface area contributed by atoms with E-state index in [4.69, 9.17) is 0 Å². The highest BCUT2D eigenvalue weighted by molar-refractivity contribution is 5.74. The third-order valence-electron chi connectivity index (χ3n) is 4.43. The molecule has 5 nitrogen and oxygen atoms in total. The summed E-state index contributed by atoms with van der Waals surface area (Å²) >= 11 is 0. The van der Waals surface area contributed by atoms with Crippen molar-refractivity contribution in [3.63, 3.8) is 0 Å². The number of amides is 2. The summed E-state index contributed by atoms with van der Waals surface area (Å²) in [5, 5.41) is 2.89. The third-order valence-corrected chi connectivity index (χ3v) is 4.43. The summed E-state index contributed by atoms with van der Waals surface area (Å²) in [4.78, 5) is 21.9. The SMILES string of the molecule is O=C(NCCc1cncnc1)N1CCCC(c2ccc(F)c(F)c2)C1. The minimum absolute atomic E-state index is 0.0251. The molecule has 2 heterocycles. The highest BCUT2D eigenvalue weighted by atomic mass is 19.2. The first kappa shape index (κ1) is 17.3. The van der Waals surface area contributed by atoms with Crippen LogP contribution in [0.1, 0.15) is 29.9 Å². The molecule has 1 aromatic heterocycles. The van der Waals surface area contributed by atoms with Crippen LogP contribution in [0.3, 0.4) is 0 Å². The van der Waals surface area contributed by atoms with Crippen molar-refractivity contribution in [3.05, 3.63) is 59.7 Å². The van der Waals surface area contributed by atoms with Crippen LogP contribution in [0.4, 0.5) is 13.6 Å². The molecule has 1 aliphatic rings. The van der Waals surface area contributed by atoms with E-state index in [-0.39, 0.29) is 11.9 Å². The Balaban J connectivity index is 1.53. The first-order chi connectivity index (χ1) is 12.1. The Kier molecular flexibility index (Phi) is 5.53. The zero-order chi connectivity index (χ0) is 17.6. The van der Waals surface area contributed by atoms with Crippen LogP contribution in [0.15, 0.2) is 36.9 Å². The number of benzene rings is 1. The van der Waals surface area contributed by atoms with E-state index in [1.165, 1.54) is 12.4 Å². The van der Waals surface area contributed by atoms with Gasteiger partial charge in [-0.15, -0.1) is 0 Å². The fourth-order valence-corrected chi connectivity index (χ4v) is 3.08. The molecule has 0 bridgehead atoms. The Bertz CT molecular complexity index is 726. The zero-order valence-electron chi connectivity index (χ0n) is 13.8. The lowest BCUT2D eigenvalue weighted by atomic mass is 9.90. The van der Waals surface area contributed by atoms with Gasteiger partial charge in [0.15, 0.2) is 11.6 Å². The van der Waals surface area contributed by atoms with Gasteiger partial charge < -0.3 is 10.2 Å². The number of carbonyl (C=O) groups excluding carboxylic acids is 1. The molecule has 0 saturated carbocycles. The normalized spacial score (nSPS) is 17.4. The Labute approximate surface area is 145 Å². The van der Waals surface area contributed by atoms with Crippen molar-refractivity contribution in [2.75, 3.05) is 19.6 Å². The maximum atomic E-state index is 13.4. The molecule has 1 aliphatic heterocycles. The molecule has 0 spiro atoms. The van der Waals surface area contributed by atoms with Crippen LogP contribution in [-0.2, 0) is 6.42 Å². The van der Waals surface area contributed by atoms with E-state index >= 15 is 0 Å². The van der Waals surface area contributed by atoms with Gasteiger partial charge in [0, 0.05) is 37.9 Å². The van der Waals surface area contributed by atoms with E-state index in [1.54, 1.807) is 23.4 Å². The molecule has 1 saturated heterocycles. The number of urea groups is 1. The fourth-order valence-electron chi connectivity index (χ4n) is 3.08. The third kappa shape index (κ3) is 4.49. The van der Waals surface area contributed by atoms with Crippen molar-refractivity contribution in [2.45, 2.75) is 25.2 Å². The predicted molar refractivity (Wildman–Crippen MR) is 89.0 cm³/mol. The van der Waals surface area contributed by atoms with E-state index in [0.717, 1.165) is 30.0 Å². The van der Waals surface area contributed by atoms with Gasteiger partial charge in [0.1, 0.15) is 6.33 Å². The Morgan fingerprint density at radius 1 is 1.24 bits per heavy atom. The second-order valence-electron chi connectivity index (χ2n) is 6.19. The van der Waals surface area contributed by atoms with E-state index in [9.17, 15) is 13.6 Å². The van der Waals surface area contributed by atoms with Crippen molar-refractivity contribution >= 4 is 6.03 Å². The first-order valence-corrected chi connectivity index (χ1v) is 8.35. The molecule has 2 amide bonds. The Hall–Kier alpha value is -2.57. The van der Waals surface area contributed by atoms with Gasteiger partial charge in [0.05, 0.1) is 0 Å². The molecule has 25 heavy (non-hydrogen) atoms. The molecular weight excluding hydrogens is 326 g/mol. The van der Waals surface area contributed by atoms with E-state index in [1.807, 2.05) is 0 Å². The number of nitrogens with zero attached hydrogens (tertiary/aromatic N) is 3. The average molecular weight is 346 g/mol. The number of hydrogen-bond acceptors (Lipinski definition) is 3. The van der Waals surface area contributed by atoms with Crippen LogP contribution in [0.25, 0.3) is 0 Å². The molecule has 7 heteroatoms. The molecule has 1 N–H and O–H groups in total. The summed E-state index contributed by atoms with van der Waals surface area (Å²) in [7, 11) is 0. The molecule has 1 aromatic carbocycles. The zero-order valence-corrected chi connectivity index (χ0v) is 13.8. The second kappa shape index (κ2) is 8.00. The molecule has 2 aromatic rings. The molecule has 132 valence electrons. The van der Waals surface area contributed by atoms with Crippen molar-refractivity contribution in [1.82, 2.24) is 20.2 Å². The molecular formula is C18H20F2N4O. The predicted octanol–water partition coefficient (Wildman–Crippen LogP) is 2.89. The monoisotopic (exact) mass is 346 g/mol. The van der Waals surface area contributed by atoms with Gasteiger partial charge in [-0.05, 0) is 42.5 Å². The molecule has 1 fully saturated rings. The lowest BCUT2D eigenvalue weighted by Crippen LogP contribution is -2.45. The number of hydrogen-bond donors (Lipinski definition) is 1. The summed E-state index contributed by atoms with van der Waals surface area (Å²) in [6, 6.07) is 3.84. The van der Waals surface area contributed by atoms with E-state index in [2.05, 4.69) is 15.3 Å². The minimum atomic E-state index is -0.848. The van der Waals surface area contributed by atoms with Crippen LogP contribution in [0, 0.1) is 11.6 Å². The Morgan fingerprint density at radius 2 is 2.04 bits per heavy atom. The molecule has 0 aliphatic carbocycles. The van der Waals surface area contributed by atoms with E-state index < -0.39 is 11.6 Å². The number of piperidine rings is 1. The van der Waals surface area contributed by atoms with Crippen LogP contribution in [-0.4, -0.2) is 40.5 Å². The summed E-state index contributed by atoms with van der Waals surface area (Å²) in [6.07, 6.45) is 7.26. The molecule has 1 unspecified atom stereocenters. The smallest absolute Gasteiger partial charge is 0.317 e. The number of nitrogens with one attached hydrogen (secondary N) is 1. The van der Waals surface area contributed by atoms with Crippen LogP contribution in [0.2, 0.25) is 0 Å². The molecule has 3 rings (SSSR count). The highest BCUT2D eigenvalue weighted by Crippen LogP contribution is 2.27. The van der Waals surface area contributed by atoms with Gasteiger partial charge in [0.2, 0.25) is 0 Å². The van der Waals surface area contributed by atoms with Gasteiger partial charge in [-0.3, -0.25) is 0 Å². The Morgan fingerprint density at radius 3 is 2.80 bits per heavy atom. The number of aromatic nitrogens is 2. The largest absolute Gasteiger partial charge is 0.338 e. The number of halogens is 2. The number of likely N-dealkylation sites (tertiary alicyclic amines) is 1. The summed E-state index contributed by atoms with van der Waals surface area (Å²) in [5.41, 5.74) is 1.69. The quantitative estimate of drug-likeness (QED) is 0.926. The topological polar surface area (TPSA) is 58.1 Å². The van der Waals surface area contributed by atoms with Crippen LogP contribution in [0.5, 0.6) is 0 Å². The van der Waals surface area contributed by atoms with Gasteiger partial charge in [-0.25, -0.2) is 23.5 Å². The standard InChI is InChI=1S/C18H20F2N4O/c19-16-4-3-14(8-17(16)20)15-2-1-7-24(11-15)18(25)23-6-5-13-9-21-12-22-10-13/h3-4,8-10,12,15H,1-2,5-7,11H2,(H,23,25). The number of rotatable bonds is 4. The van der Waals surface area contributed by atoms with Gasteiger partial charge in [-0.1, -0.05) is 6.07 Å². The second-order valence-corrected chi connectivity index (χ2v) is 6.19. The van der Waals surface area contributed by atoms with Crippen molar-refractivity contribution in [3.8, 4) is 0 Å². The lowest BCUT2D eigenvalue weighted by molar-refractivity contribution is 0.179. The highest BCUT2D eigenvalue weighted by Gasteiger charge is 2.25. The first-order valence-electron chi connectivity index (χ1n) is 8.35.